The molecule has 0 spiro atoms. The highest BCUT2D eigenvalue weighted by Crippen LogP contribution is 2.32. The first-order valence-corrected chi connectivity index (χ1v) is 11.3. The number of aryl methyl sites for hydroxylation is 1. The number of amides is 1. The van der Waals surface area contributed by atoms with Crippen LogP contribution >= 0.6 is 0 Å². The minimum atomic E-state index is -3.19. The molecule has 4 heterocycles. The molecule has 1 aliphatic rings. The Labute approximate surface area is 202 Å². The third-order valence-electron chi connectivity index (χ3n) is 5.40. The van der Waals surface area contributed by atoms with Crippen LogP contribution in [-0.4, -0.2) is 52.1 Å². The summed E-state index contributed by atoms with van der Waals surface area (Å²) in [6, 6.07) is 7.07. The largest absolute Gasteiger partial charge is 0.378 e. The number of hydrogen-bond donors (Lipinski definition) is 2. The number of aromatic nitrogens is 4. The maximum Gasteiger partial charge on any atom is 0.303 e. The third-order valence-corrected chi connectivity index (χ3v) is 5.40. The molecule has 3 aromatic heterocycles. The van der Waals surface area contributed by atoms with Crippen molar-refractivity contribution in [2.45, 2.75) is 33.1 Å². The van der Waals surface area contributed by atoms with Crippen LogP contribution in [0.1, 0.15) is 32.3 Å². The predicted octanol–water partition coefficient (Wildman–Crippen LogP) is 4.15. The van der Waals surface area contributed by atoms with Gasteiger partial charge in [0.1, 0.15) is 11.6 Å². The molecule has 1 fully saturated rings. The second-order valence-corrected chi connectivity index (χ2v) is 8.23. The Morgan fingerprint density at radius 2 is 1.89 bits per heavy atom. The zero-order valence-corrected chi connectivity index (χ0v) is 19.8. The molecule has 9 nitrogen and oxygen atoms in total. The van der Waals surface area contributed by atoms with Crippen molar-refractivity contribution in [3.63, 3.8) is 0 Å². The zero-order chi connectivity index (χ0) is 25.0. The molecule has 1 saturated heterocycles. The summed E-state index contributed by atoms with van der Waals surface area (Å²) in [7, 11) is 0. The van der Waals surface area contributed by atoms with Gasteiger partial charge in [-0.15, -0.1) is 0 Å². The van der Waals surface area contributed by atoms with Crippen molar-refractivity contribution in [1.29, 1.82) is 0 Å². The maximum atomic E-state index is 14.0. The van der Waals surface area contributed by atoms with Crippen LogP contribution in [0.25, 0.3) is 11.3 Å². The van der Waals surface area contributed by atoms with E-state index in [4.69, 9.17) is 4.74 Å². The first kappa shape index (κ1) is 24.4. The maximum absolute atomic E-state index is 14.0. The smallest absolute Gasteiger partial charge is 0.303 e. The number of carbonyl (C=O) groups excluding carboxylic acids is 1. The van der Waals surface area contributed by atoms with Crippen LogP contribution in [0, 0.1) is 0 Å². The molecule has 1 aliphatic heterocycles. The number of alkyl halides is 2. The molecule has 0 atom stereocenters. The number of nitrogens with zero attached hydrogens (tertiary/aromatic N) is 5. The summed E-state index contributed by atoms with van der Waals surface area (Å²) in [5.74, 6) is -3.53. The summed E-state index contributed by atoms with van der Waals surface area (Å²) in [6.45, 7) is 6.89. The highest BCUT2D eigenvalue weighted by atomic mass is 19.3. The molecule has 35 heavy (non-hydrogen) atoms. The second kappa shape index (κ2) is 10.3. The second-order valence-electron chi connectivity index (χ2n) is 8.23. The minimum Gasteiger partial charge on any atom is -0.378 e. The Morgan fingerprint density at radius 1 is 1.11 bits per heavy atom. The summed E-state index contributed by atoms with van der Waals surface area (Å²) >= 11 is 0. The van der Waals surface area contributed by atoms with Crippen LogP contribution in [-0.2, 0) is 21.9 Å². The van der Waals surface area contributed by atoms with Crippen molar-refractivity contribution in [3.8, 4) is 11.3 Å². The van der Waals surface area contributed by atoms with Gasteiger partial charge in [0.15, 0.2) is 0 Å². The molecule has 11 heteroatoms. The number of anilines is 4. The van der Waals surface area contributed by atoms with Crippen molar-refractivity contribution in [2.24, 2.45) is 0 Å². The van der Waals surface area contributed by atoms with E-state index < -0.39 is 11.7 Å². The third kappa shape index (κ3) is 6.04. The van der Waals surface area contributed by atoms with Gasteiger partial charge in [-0.2, -0.15) is 8.78 Å². The fourth-order valence-electron chi connectivity index (χ4n) is 3.64. The van der Waals surface area contributed by atoms with E-state index in [1.165, 1.54) is 6.92 Å². The fraction of sp³-hybridized carbons (Fsp3) is 0.375. The number of rotatable bonds is 7. The summed E-state index contributed by atoms with van der Waals surface area (Å²) in [6.07, 6.45) is 3.81. The summed E-state index contributed by atoms with van der Waals surface area (Å²) in [5.41, 5.74) is 3.20. The minimum absolute atomic E-state index is 0.208. The quantitative estimate of drug-likeness (QED) is 0.517. The fourth-order valence-corrected chi connectivity index (χ4v) is 3.64. The van der Waals surface area contributed by atoms with Crippen LogP contribution in [0.15, 0.2) is 36.7 Å². The normalized spacial score (nSPS) is 14.0. The van der Waals surface area contributed by atoms with E-state index in [-0.39, 0.29) is 11.7 Å². The van der Waals surface area contributed by atoms with Gasteiger partial charge < -0.3 is 20.3 Å². The van der Waals surface area contributed by atoms with Crippen molar-refractivity contribution in [1.82, 2.24) is 19.9 Å². The molecular weight excluding hydrogens is 456 g/mol. The number of carbonyl (C=O) groups is 1. The average molecular weight is 484 g/mol. The first-order chi connectivity index (χ1) is 16.7. The molecule has 184 valence electrons. The van der Waals surface area contributed by atoms with Gasteiger partial charge in [0.25, 0.3) is 0 Å². The lowest BCUT2D eigenvalue weighted by Gasteiger charge is -2.28. The van der Waals surface area contributed by atoms with Gasteiger partial charge in [0, 0.05) is 56.5 Å². The van der Waals surface area contributed by atoms with Crippen LogP contribution < -0.4 is 15.5 Å². The van der Waals surface area contributed by atoms with Gasteiger partial charge in [0.2, 0.25) is 11.7 Å². The Hall–Kier alpha value is -3.73. The lowest BCUT2D eigenvalue weighted by Crippen LogP contribution is -2.36. The van der Waals surface area contributed by atoms with Crippen LogP contribution in [0.3, 0.4) is 0 Å². The summed E-state index contributed by atoms with van der Waals surface area (Å²) in [5, 5.41) is 5.75. The Kier molecular flexibility index (Phi) is 7.15. The highest BCUT2D eigenvalue weighted by molar-refractivity contribution is 5.89. The van der Waals surface area contributed by atoms with E-state index in [9.17, 15) is 13.6 Å². The van der Waals surface area contributed by atoms with Gasteiger partial charge in [-0.25, -0.2) is 15.0 Å². The van der Waals surface area contributed by atoms with Crippen molar-refractivity contribution in [3.05, 3.63) is 48.2 Å². The molecule has 1 amide bonds. The monoisotopic (exact) mass is 483 g/mol. The summed E-state index contributed by atoms with van der Waals surface area (Å²) < 4.78 is 33.4. The lowest BCUT2D eigenvalue weighted by atomic mass is 10.1. The van der Waals surface area contributed by atoms with Crippen molar-refractivity contribution in [2.75, 3.05) is 41.8 Å². The average Bonchev–Trinajstić information content (AvgIpc) is 2.84. The summed E-state index contributed by atoms with van der Waals surface area (Å²) in [4.78, 5) is 30.7. The Bertz CT molecular complexity index is 1190. The first-order valence-electron chi connectivity index (χ1n) is 11.3. The molecule has 0 radical (unpaired) electrons. The van der Waals surface area contributed by atoms with E-state index in [0.717, 1.165) is 25.7 Å². The van der Waals surface area contributed by atoms with Gasteiger partial charge in [-0.3, -0.25) is 9.78 Å². The Morgan fingerprint density at radius 3 is 2.51 bits per heavy atom. The van der Waals surface area contributed by atoms with Gasteiger partial charge in [0.05, 0.1) is 36.5 Å². The highest BCUT2D eigenvalue weighted by Gasteiger charge is 2.29. The van der Waals surface area contributed by atoms with Crippen molar-refractivity contribution >= 4 is 28.9 Å². The molecule has 0 unspecified atom stereocenters. The SMILES string of the molecule is CCc1cc(Nc2cc(NC(C)=O)ncc2-c2ccc(N3CCOCC3)cn2)nc(C(C)(F)F)n1. The molecule has 0 saturated carbocycles. The Balaban J connectivity index is 1.71. The van der Waals surface area contributed by atoms with Crippen LogP contribution in [0.5, 0.6) is 0 Å². The van der Waals surface area contributed by atoms with E-state index >= 15 is 0 Å². The number of morpholine rings is 1. The number of halogens is 2. The van der Waals surface area contributed by atoms with E-state index in [1.54, 1.807) is 24.5 Å². The molecule has 0 aliphatic carbocycles. The van der Waals surface area contributed by atoms with Gasteiger partial charge in [-0.1, -0.05) is 6.92 Å². The van der Waals surface area contributed by atoms with Crippen LogP contribution in [0.4, 0.5) is 31.8 Å². The molecule has 3 aromatic rings. The van der Waals surface area contributed by atoms with E-state index in [1.807, 2.05) is 19.1 Å². The van der Waals surface area contributed by atoms with Crippen molar-refractivity contribution < 1.29 is 18.3 Å². The number of ether oxygens (including phenoxy) is 1. The number of hydrogen-bond acceptors (Lipinski definition) is 8. The lowest BCUT2D eigenvalue weighted by molar-refractivity contribution is -0.114. The topological polar surface area (TPSA) is 105 Å². The molecule has 0 aromatic carbocycles. The van der Waals surface area contributed by atoms with Gasteiger partial charge in [-0.05, 0) is 18.6 Å². The van der Waals surface area contributed by atoms with E-state index in [0.29, 0.717) is 48.1 Å². The number of nitrogens with one attached hydrogen (secondary N) is 2. The zero-order valence-electron chi connectivity index (χ0n) is 19.8. The molecule has 0 bridgehead atoms. The molecular formula is C24H27F2N7O2. The van der Waals surface area contributed by atoms with Crippen LogP contribution in [0.2, 0.25) is 0 Å². The number of pyridine rings is 2. The molecule has 4 rings (SSSR count). The molecule has 2 N–H and O–H groups in total. The van der Waals surface area contributed by atoms with Gasteiger partial charge >= 0.3 is 5.92 Å². The predicted molar refractivity (Wildman–Crippen MR) is 129 cm³/mol. The van der Waals surface area contributed by atoms with E-state index in [2.05, 4.69) is 35.5 Å². The standard InChI is InChI=1S/C24H27F2N7O2/c1-4-16-11-22(32-23(30-16)24(3,25)26)31-20-12-21(29-15(2)34)28-14-18(20)19-6-5-17(13-27-19)33-7-9-35-10-8-33/h5-6,11-14H,4,7-10H2,1-3H3,(H2,28,29,30,31,32,34).